The second kappa shape index (κ2) is 14.9. The van der Waals surface area contributed by atoms with Gasteiger partial charge in [0.1, 0.15) is 18.0 Å². The average molecular weight is 674 g/mol. The summed E-state index contributed by atoms with van der Waals surface area (Å²) < 4.78 is 45.4. The van der Waals surface area contributed by atoms with Crippen LogP contribution in [0.25, 0.3) is 0 Å². The SMILES string of the molecule is CCS(=O)(=O)c1ccc(Cl)cc1CNC(=O)c1cc(F)c(CN2CCC[C@H](N(C)C(=O)CNC(=O)OC(C)(C)C)C2)c(Cl)c1. The Morgan fingerprint density at radius 1 is 1.14 bits per heavy atom. The molecule has 44 heavy (non-hydrogen) atoms. The summed E-state index contributed by atoms with van der Waals surface area (Å²) >= 11 is 12.5. The maximum Gasteiger partial charge on any atom is 0.408 e. The number of alkyl carbamates (subject to hydrolysis) is 1. The molecule has 2 N–H and O–H groups in total. The average Bonchev–Trinajstić information content (AvgIpc) is 2.95. The molecule has 2 aromatic carbocycles. The lowest BCUT2D eigenvalue weighted by atomic mass is 10.0. The Kier molecular flexibility index (Phi) is 12.0. The fourth-order valence-electron chi connectivity index (χ4n) is 4.81. The first-order chi connectivity index (χ1) is 20.5. The van der Waals surface area contributed by atoms with Gasteiger partial charge < -0.3 is 20.3 Å². The van der Waals surface area contributed by atoms with Gasteiger partial charge >= 0.3 is 6.09 Å². The molecule has 0 spiro atoms. The summed E-state index contributed by atoms with van der Waals surface area (Å²) in [7, 11) is -1.89. The van der Waals surface area contributed by atoms with E-state index in [0.717, 1.165) is 18.9 Å². The van der Waals surface area contributed by atoms with E-state index < -0.39 is 33.3 Å². The minimum absolute atomic E-state index is 0.0162. The summed E-state index contributed by atoms with van der Waals surface area (Å²) in [6.45, 7) is 7.67. The van der Waals surface area contributed by atoms with E-state index in [-0.39, 0.29) is 58.4 Å². The van der Waals surface area contributed by atoms with E-state index in [9.17, 15) is 22.8 Å². The van der Waals surface area contributed by atoms with Crippen LogP contribution in [0.15, 0.2) is 35.2 Å². The van der Waals surface area contributed by atoms with Crippen molar-refractivity contribution in [2.24, 2.45) is 0 Å². The molecule has 0 unspecified atom stereocenters. The van der Waals surface area contributed by atoms with Gasteiger partial charge in [-0.2, -0.15) is 0 Å². The second-order valence-electron chi connectivity index (χ2n) is 11.6. The number of likely N-dealkylation sites (tertiary alicyclic amines) is 1. The summed E-state index contributed by atoms with van der Waals surface area (Å²) in [6.07, 6.45) is 0.834. The first-order valence-electron chi connectivity index (χ1n) is 14.2. The monoisotopic (exact) mass is 672 g/mol. The van der Waals surface area contributed by atoms with Crippen LogP contribution in [0.4, 0.5) is 9.18 Å². The van der Waals surface area contributed by atoms with Crippen molar-refractivity contribution >= 4 is 50.9 Å². The molecule has 1 aliphatic rings. The molecular formula is C30H39Cl2FN4O6S. The van der Waals surface area contributed by atoms with Gasteiger partial charge in [-0.1, -0.05) is 30.1 Å². The fraction of sp³-hybridized carbons (Fsp3) is 0.500. The molecule has 1 heterocycles. The third-order valence-electron chi connectivity index (χ3n) is 7.17. The highest BCUT2D eigenvalue weighted by Crippen LogP contribution is 2.26. The number of halogens is 3. The normalized spacial score (nSPS) is 15.9. The summed E-state index contributed by atoms with van der Waals surface area (Å²) in [5.41, 5.74) is -0.157. The zero-order chi connectivity index (χ0) is 32.8. The summed E-state index contributed by atoms with van der Waals surface area (Å²) in [4.78, 5) is 41.1. The number of benzene rings is 2. The number of amides is 3. The Morgan fingerprint density at radius 3 is 2.48 bits per heavy atom. The quantitative estimate of drug-likeness (QED) is 0.371. The molecule has 1 atom stereocenters. The lowest BCUT2D eigenvalue weighted by molar-refractivity contribution is -0.132. The molecule has 3 rings (SSSR count). The van der Waals surface area contributed by atoms with Gasteiger partial charge in [0, 0.05) is 53.9 Å². The van der Waals surface area contributed by atoms with E-state index in [4.69, 9.17) is 27.9 Å². The Bertz CT molecular complexity index is 1480. The molecule has 0 aliphatic carbocycles. The molecule has 0 radical (unpaired) electrons. The highest BCUT2D eigenvalue weighted by atomic mass is 35.5. The van der Waals surface area contributed by atoms with E-state index >= 15 is 4.39 Å². The zero-order valence-electron chi connectivity index (χ0n) is 25.5. The van der Waals surface area contributed by atoms with Crippen molar-refractivity contribution in [1.82, 2.24) is 20.4 Å². The Balaban J connectivity index is 1.62. The van der Waals surface area contributed by atoms with Crippen LogP contribution < -0.4 is 10.6 Å². The van der Waals surface area contributed by atoms with Crippen LogP contribution in [0.2, 0.25) is 10.0 Å². The van der Waals surface area contributed by atoms with Crippen LogP contribution in [0.5, 0.6) is 0 Å². The maximum atomic E-state index is 15.3. The van der Waals surface area contributed by atoms with Gasteiger partial charge in [-0.3, -0.25) is 14.5 Å². The van der Waals surface area contributed by atoms with Crippen LogP contribution >= 0.6 is 23.2 Å². The molecule has 2 aromatic rings. The molecule has 0 bridgehead atoms. The van der Waals surface area contributed by atoms with Crippen LogP contribution in [0.3, 0.4) is 0 Å². The Hall–Kier alpha value is -2.93. The Morgan fingerprint density at radius 2 is 1.84 bits per heavy atom. The van der Waals surface area contributed by atoms with Crippen LogP contribution in [-0.2, 0) is 32.5 Å². The number of piperidine rings is 1. The standard InChI is InChI=1S/C30H39Cl2FN4O6S/c1-6-44(41,42)26-10-9-21(31)12-20(26)15-34-28(39)19-13-24(32)23(25(33)14-19)18-37-11-7-8-22(17-37)36(5)27(38)16-35-29(40)43-30(2,3)4/h9-10,12-14,22H,6-8,11,15-18H2,1-5H3,(H,34,39)(H,35,40)/t22-/m0/s1. The zero-order valence-corrected chi connectivity index (χ0v) is 27.8. The predicted octanol–water partition coefficient (Wildman–Crippen LogP) is 4.80. The smallest absolute Gasteiger partial charge is 0.408 e. The first kappa shape index (κ1) is 35.5. The minimum atomic E-state index is -3.56. The van der Waals surface area contributed by atoms with Crippen molar-refractivity contribution in [3.8, 4) is 0 Å². The van der Waals surface area contributed by atoms with Gasteiger partial charge in [-0.25, -0.2) is 17.6 Å². The number of hydrogen-bond donors (Lipinski definition) is 2. The largest absolute Gasteiger partial charge is 0.444 e. The van der Waals surface area contributed by atoms with E-state index in [0.29, 0.717) is 23.7 Å². The maximum absolute atomic E-state index is 15.3. The number of carbonyl (C=O) groups is 3. The lowest BCUT2D eigenvalue weighted by Gasteiger charge is -2.38. The number of nitrogens with one attached hydrogen (secondary N) is 2. The van der Waals surface area contributed by atoms with Crippen LogP contribution in [-0.4, -0.2) is 80.2 Å². The molecule has 0 saturated carbocycles. The van der Waals surface area contributed by atoms with Gasteiger partial charge in [0.2, 0.25) is 5.91 Å². The van der Waals surface area contributed by atoms with Crippen molar-refractivity contribution in [1.29, 1.82) is 0 Å². The molecule has 1 saturated heterocycles. The molecular weight excluding hydrogens is 634 g/mol. The molecule has 0 aromatic heterocycles. The lowest BCUT2D eigenvalue weighted by Crippen LogP contribution is -2.50. The second-order valence-corrected chi connectivity index (χ2v) is 14.7. The van der Waals surface area contributed by atoms with E-state index in [1.807, 2.05) is 4.90 Å². The van der Waals surface area contributed by atoms with Crippen molar-refractivity contribution in [2.45, 2.75) is 70.2 Å². The van der Waals surface area contributed by atoms with Gasteiger partial charge in [0.05, 0.1) is 10.6 Å². The van der Waals surface area contributed by atoms with Crippen molar-refractivity contribution < 1.29 is 31.9 Å². The first-order valence-corrected chi connectivity index (χ1v) is 16.6. The van der Waals surface area contributed by atoms with Gasteiger partial charge in [0.15, 0.2) is 9.84 Å². The molecule has 1 fully saturated rings. The van der Waals surface area contributed by atoms with Gasteiger partial charge in [-0.05, 0) is 76.1 Å². The van der Waals surface area contributed by atoms with Crippen molar-refractivity contribution in [2.75, 3.05) is 32.4 Å². The van der Waals surface area contributed by atoms with Gasteiger partial charge in [-0.15, -0.1) is 0 Å². The molecule has 14 heteroatoms. The van der Waals surface area contributed by atoms with Crippen molar-refractivity contribution in [3.63, 3.8) is 0 Å². The highest BCUT2D eigenvalue weighted by Gasteiger charge is 2.28. The minimum Gasteiger partial charge on any atom is -0.444 e. The van der Waals surface area contributed by atoms with Crippen LogP contribution in [0, 0.1) is 5.82 Å². The number of rotatable bonds is 10. The predicted molar refractivity (Wildman–Crippen MR) is 167 cm³/mol. The molecule has 3 amide bonds. The number of sulfone groups is 1. The summed E-state index contributed by atoms with van der Waals surface area (Å²) in [6, 6.07) is 6.64. The topological polar surface area (TPSA) is 125 Å². The summed E-state index contributed by atoms with van der Waals surface area (Å²) in [5, 5.41) is 5.48. The van der Waals surface area contributed by atoms with Gasteiger partial charge in [0.25, 0.3) is 5.91 Å². The van der Waals surface area contributed by atoms with E-state index in [1.54, 1.807) is 32.7 Å². The fourth-order valence-corrected chi connectivity index (χ4v) is 6.39. The number of carbonyl (C=O) groups excluding carboxylic acids is 3. The number of ether oxygens (including phenoxy) is 1. The number of nitrogens with zero attached hydrogens (tertiary/aromatic N) is 2. The molecule has 10 nitrogen and oxygen atoms in total. The third kappa shape index (κ3) is 9.79. The Labute approximate surface area is 268 Å². The highest BCUT2D eigenvalue weighted by molar-refractivity contribution is 7.91. The van der Waals surface area contributed by atoms with E-state index in [1.165, 1.54) is 31.2 Å². The van der Waals surface area contributed by atoms with Crippen LogP contribution in [0.1, 0.15) is 62.0 Å². The molecule has 242 valence electrons. The number of likely N-dealkylation sites (N-methyl/N-ethyl adjacent to an activating group) is 1. The van der Waals surface area contributed by atoms with Crippen molar-refractivity contribution in [3.05, 3.63) is 62.9 Å². The molecule has 1 aliphatic heterocycles. The summed E-state index contributed by atoms with van der Waals surface area (Å²) in [5.74, 6) is -1.68. The third-order valence-corrected chi connectivity index (χ3v) is 9.57. The number of hydrogen-bond acceptors (Lipinski definition) is 7. The van der Waals surface area contributed by atoms with E-state index in [2.05, 4.69) is 10.6 Å².